The molecule has 142 valence electrons. The number of anilines is 1. The fourth-order valence-corrected chi connectivity index (χ4v) is 3.29. The Kier molecular flexibility index (Phi) is 6.40. The molecule has 28 heavy (non-hydrogen) atoms. The van der Waals surface area contributed by atoms with Crippen LogP contribution in [-0.2, 0) is 4.79 Å². The number of carbonyl (C=O) groups excluding carboxylic acids is 1. The molecule has 3 rings (SSSR count). The van der Waals surface area contributed by atoms with Gasteiger partial charge in [-0.3, -0.25) is 9.78 Å². The summed E-state index contributed by atoms with van der Waals surface area (Å²) in [6.45, 7) is 4.31. The van der Waals surface area contributed by atoms with Gasteiger partial charge < -0.3 is 9.32 Å². The summed E-state index contributed by atoms with van der Waals surface area (Å²) < 4.78 is 5.62. The van der Waals surface area contributed by atoms with Gasteiger partial charge >= 0.3 is 0 Å². The Morgan fingerprint density at radius 3 is 2.75 bits per heavy atom. The number of thioether (sulfide) groups is 1. The molecule has 0 aliphatic carbocycles. The normalized spacial score (nSPS) is 10.5. The number of carbonyl (C=O) groups is 1. The molecule has 2 heterocycles. The van der Waals surface area contributed by atoms with Crippen molar-refractivity contribution in [3.05, 3.63) is 53.9 Å². The van der Waals surface area contributed by atoms with Crippen LogP contribution in [0.5, 0.6) is 0 Å². The van der Waals surface area contributed by atoms with Crippen molar-refractivity contribution in [2.75, 3.05) is 17.2 Å². The molecule has 0 saturated carbocycles. The first-order valence-electron chi connectivity index (χ1n) is 8.70. The van der Waals surface area contributed by atoms with Crippen molar-refractivity contribution >= 4 is 23.4 Å². The third-order valence-electron chi connectivity index (χ3n) is 4.27. The van der Waals surface area contributed by atoms with E-state index in [0.29, 0.717) is 17.7 Å². The van der Waals surface area contributed by atoms with Crippen molar-refractivity contribution in [3.63, 3.8) is 0 Å². The van der Waals surface area contributed by atoms with E-state index < -0.39 is 0 Å². The standard InChI is InChI=1S/C20H19N5O2S/c1-14-5-3-6-17(15(14)2)25(12-4-9-21)18(26)13-28-20-24-23-19(27-20)16-7-10-22-11-8-16/h3,5-8,10-11H,4,12-13H2,1-2H3. The Morgan fingerprint density at radius 2 is 2.00 bits per heavy atom. The summed E-state index contributed by atoms with van der Waals surface area (Å²) in [5.74, 6) is 0.405. The lowest BCUT2D eigenvalue weighted by atomic mass is 10.1. The van der Waals surface area contributed by atoms with Gasteiger partial charge in [-0.05, 0) is 43.2 Å². The molecule has 0 atom stereocenters. The second-order valence-electron chi connectivity index (χ2n) is 6.07. The third kappa shape index (κ3) is 4.56. The number of hydrogen-bond acceptors (Lipinski definition) is 7. The van der Waals surface area contributed by atoms with E-state index in [1.165, 1.54) is 11.8 Å². The third-order valence-corrected chi connectivity index (χ3v) is 5.07. The minimum Gasteiger partial charge on any atom is -0.411 e. The van der Waals surface area contributed by atoms with Crippen molar-refractivity contribution < 1.29 is 9.21 Å². The molecule has 0 fully saturated rings. The van der Waals surface area contributed by atoms with Crippen molar-refractivity contribution in [2.45, 2.75) is 25.5 Å². The molecule has 0 aliphatic heterocycles. The van der Waals surface area contributed by atoms with Gasteiger partial charge in [0.1, 0.15) is 0 Å². The number of benzene rings is 1. The smallest absolute Gasteiger partial charge is 0.277 e. The highest BCUT2D eigenvalue weighted by Gasteiger charge is 2.19. The van der Waals surface area contributed by atoms with Crippen LogP contribution in [0.25, 0.3) is 11.5 Å². The fourth-order valence-electron chi connectivity index (χ4n) is 2.65. The van der Waals surface area contributed by atoms with Crippen LogP contribution in [0.1, 0.15) is 17.5 Å². The Hall–Kier alpha value is -3.18. The quantitative estimate of drug-likeness (QED) is 0.563. The summed E-state index contributed by atoms with van der Waals surface area (Å²) >= 11 is 1.18. The summed E-state index contributed by atoms with van der Waals surface area (Å²) in [5.41, 5.74) is 3.71. The molecular formula is C20H19N5O2S. The van der Waals surface area contributed by atoms with Gasteiger partial charge in [-0.2, -0.15) is 5.26 Å². The van der Waals surface area contributed by atoms with E-state index in [-0.39, 0.29) is 18.1 Å². The fraction of sp³-hybridized carbons (Fsp3) is 0.250. The van der Waals surface area contributed by atoms with Gasteiger partial charge in [0.05, 0.1) is 18.2 Å². The molecule has 0 radical (unpaired) electrons. The van der Waals surface area contributed by atoms with E-state index in [9.17, 15) is 4.79 Å². The Labute approximate surface area is 167 Å². The molecule has 2 aromatic heterocycles. The maximum Gasteiger partial charge on any atom is 0.277 e. The first-order valence-corrected chi connectivity index (χ1v) is 9.69. The zero-order valence-corrected chi connectivity index (χ0v) is 16.4. The van der Waals surface area contributed by atoms with Gasteiger partial charge in [0.25, 0.3) is 5.22 Å². The molecular weight excluding hydrogens is 374 g/mol. The summed E-state index contributed by atoms with van der Waals surface area (Å²) in [4.78, 5) is 18.5. The molecule has 0 bridgehead atoms. The van der Waals surface area contributed by atoms with E-state index in [1.807, 2.05) is 32.0 Å². The zero-order valence-electron chi connectivity index (χ0n) is 15.6. The van der Waals surface area contributed by atoms with E-state index in [4.69, 9.17) is 9.68 Å². The molecule has 0 N–H and O–H groups in total. The lowest BCUT2D eigenvalue weighted by Crippen LogP contribution is -2.34. The van der Waals surface area contributed by atoms with Gasteiger partial charge in [0.2, 0.25) is 11.8 Å². The SMILES string of the molecule is Cc1cccc(N(CCC#N)C(=O)CSc2nnc(-c3ccncc3)o2)c1C. The number of nitriles is 1. The van der Waals surface area contributed by atoms with E-state index >= 15 is 0 Å². The van der Waals surface area contributed by atoms with Crippen LogP contribution < -0.4 is 4.90 Å². The maximum absolute atomic E-state index is 12.9. The molecule has 1 amide bonds. The van der Waals surface area contributed by atoms with Gasteiger partial charge in [-0.15, -0.1) is 10.2 Å². The maximum atomic E-state index is 12.9. The van der Waals surface area contributed by atoms with Gasteiger partial charge in [-0.25, -0.2) is 0 Å². The first-order chi connectivity index (χ1) is 13.6. The van der Waals surface area contributed by atoms with E-state index in [0.717, 1.165) is 22.4 Å². The first kappa shape index (κ1) is 19.6. The average Bonchev–Trinajstić information content (AvgIpc) is 3.19. The highest BCUT2D eigenvalue weighted by Crippen LogP contribution is 2.26. The van der Waals surface area contributed by atoms with Gasteiger partial charge in [0.15, 0.2) is 0 Å². The number of rotatable bonds is 7. The molecule has 0 aliphatic rings. The van der Waals surface area contributed by atoms with Crippen molar-refractivity contribution in [1.82, 2.24) is 15.2 Å². The zero-order chi connectivity index (χ0) is 19.9. The summed E-state index contributed by atoms with van der Waals surface area (Å²) in [5, 5.41) is 17.3. The Balaban J connectivity index is 1.71. The Morgan fingerprint density at radius 1 is 1.21 bits per heavy atom. The molecule has 3 aromatic rings. The number of hydrogen-bond donors (Lipinski definition) is 0. The largest absolute Gasteiger partial charge is 0.411 e. The predicted octanol–water partition coefficient (Wildman–Crippen LogP) is 3.79. The lowest BCUT2D eigenvalue weighted by Gasteiger charge is -2.24. The summed E-state index contributed by atoms with van der Waals surface area (Å²) in [6, 6.07) is 11.5. The van der Waals surface area contributed by atoms with Crippen LogP contribution in [0.2, 0.25) is 0 Å². The van der Waals surface area contributed by atoms with Crippen LogP contribution in [0.15, 0.2) is 52.4 Å². The highest BCUT2D eigenvalue weighted by atomic mass is 32.2. The molecule has 1 aromatic carbocycles. The van der Waals surface area contributed by atoms with Crippen molar-refractivity contribution in [2.24, 2.45) is 0 Å². The second-order valence-corrected chi connectivity index (χ2v) is 7.00. The molecule has 0 spiro atoms. The van der Waals surface area contributed by atoms with Crippen molar-refractivity contribution in [1.29, 1.82) is 5.26 Å². The molecule has 0 saturated heterocycles. The number of nitrogens with zero attached hydrogens (tertiary/aromatic N) is 5. The van der Waals surface area contributed by atoms with Crippen molar-refractivity contribution in [3.8, 4) is 17.5 Å². The minimum absolute atomic E-state index is 0.113. The lowest BCUT2D eigenvalue weighted by molar-refractivity contribution is -0.116. The number of amides is 1. The Bertz CT molecular complexity index is 997. The average molecular weight is 393 g/mol. The van der Waals surface area contributed by atoms with Crippen LogP contribution in [-0.4, -0.2) is 33.4 Å². The van der Waals surface area contributed by atoms with Crippen LogP contribution in [0.4, 0.5) is 5.69 Å². The van der Waals surface area contributed by atoms with E-state index in [2.05, 4.69) is 21.3 Å². The highest BCUT2D eigenvalue weighted by molar-refractivity contribution is 7.99. The van der Waals surface area contributed by atoms with Crippen LogP contribution in [0, 0.1) is 25.2 Å². The number of aromatic nitrogens is 3. The molecule has 0 unspecified atom stereocenters. The van der Waals surface area contributed by atoms with Crippen LogP contribution in [0.3, 0.4) is 0 Å². The monoisotopic (exact) mass is 393 g/mol. The van der Waals surface area contributed by atoms with Crippen LogP contribution >= 0.6 is 11.8 Å². The number of pyridine rings is 1. The second kappa shape index (κ2) is 9.15. The van der Waals surface area contributed by atoms with E-state index in [1.54, 1.807) is 29.4 Å². The number of aryl methyl sites for hydroxylation is 1. The summed E-state index contributed by atoms with van der Waals surface area (Å²) in [6.07, 6.45) is 3.55. The minimum atomic E-state index is -0.113. The van der Waals surface area contributed by atoms with Gasteiger partial charge in [-0.1, -0.05) is 23.9 Å². The molecule has 7 nitrogen and oxygen atoms in total. The topological polar surface area (TPSA) is 95.9 Å². The summed E-state index contributed by atoms with van der Waals surface area (Å²) in [7, 11) is 0. The van der Waals surface area contributed by atoms with Gasteiger partial charge in [0, 0.05) is 30.2 Å². The predicted molar refractivity (Wildman–Crippen MR) is 107 cm³/mol. The molecule has 8 heteroatoms.